The van der Waals surface area contributed by atoms with Crippen LogP contribution in [0.1, 0.15) is 0 Å². The second-order valence-corrected chi connectivity index (χ2v) is 2.51. The van der Waals surface area contributed by atoms with Crippen molar-refractivity contribution in [1.29, 1.82) is 0 Å². The highest BCUT2D eigenvalue weighted by atomic mass is 19.1. The molecule has 0 saturated carbocycles. The van der Waals surface area contributed by atoms with E-state index in [1.54, 1.807) is 12.1 Å². The Bertz CT molecular complexity index is 457. The van der Waals surface area contributed by atoms with Crippen LogP contribution in [0.15, 0.2) is 35.4 Å². The molecule has 2 rings (SSSR count). The van der Waals surface area contributed by atoms with Crippen LogP contribution in [0, 0.1) is 5.82 Å². The van der Waals surface area contributed by atoms with Crippen molar-refractivity contribution >= 4 is 0 Å². The van der Waals surface area contributed by atoms with E-state index >= 15 is 0 Å². The molecule has 4 nitrogen and oxygen atoms in total. The van der Waals surface area contributed by atoms with Gasteiger partial charge >= 0.3 is 5.69 Å². The molecule has 0 amide bonds. The molecular weight excluding hydrogens is 173 g/mol. The molecule has 0 atom stereocenters. The van der Waals surface area contributed by atoms with Gasteiger partial charge in [-0.2, -0.15) is 4.98 Å². The Morgan fingerprint density at radius 2 is 2.00 bits per heavy atom. The highest BCUT2D eigenvalue weighted by Crippen LogP contribution is 2.05. The van der Waals surface area contributed by atoms with Crippen LogP contribution in [0.3, 0.4) is 0 Å². The predicted molar refractivity (Wildman–Crippen MR) is 44.1 cm³/mol. The highest BCUT2D eigenvalue weighted by Gasteiger charge is 1.96. The molecule has 13 heavy (non-hydrogen) atoms. The normalized spacial score (nSPS) is 10.2. The van der Waals surface area contributed by atoms with E-state index < -0.39 is 5.69 Å². The van der Waals surface area contributed by atoms with E-state index in [1.165, 1.54) is 23.1 Å². The summed E-state index contributed by atoms with van der Waals surface area (Å²) in [5.74, 6) is -0.314. The van der Waals surface area contributed by atoms with E-state index in [0.717, 1.165) is 0 Å². The van der Waals surface area contributed by atoms with Crippen LogP contribution in [-0.4, -0.2) is 14.8 Å². The fraction of sp³-hybridized carbons (Fsp3) is 0. The average Bonchev–Trinajstić information content (AvgIpc) is 2.53. The van der Waals surface area contributed by atoms with E-state index in [0.29, 0.717) is 5.69 Å². The first-order valence-electron chi connectivity index (χ1n) is 3.65. The molecule has 0 bridgehead atoms. The quantitative estimate of drug-likeness (QED) is 0.700. The molecule has 0 aliphatic rings. The minimum Gasteiger partial charge on any atom is -0.244 e. The van der Waals surface area contributed by atoms with Gasteiger partial charge in [-0.05, 0) is 24.3 Å². The van der Waals surface area contributed by atoms with Crippen molar-refractivity contribution in [3.63, 3.8) is 0 Å². The Labute approximate surface area is 72.6 Å². The van der Waals surface area contributed by atoms with E-state index in [4.69, 9.17) is 0 Å². The topological polar surface area (TPSA) is 50.7 Å². The van der Waals surface area contributed by atoms with E-state index in [9.17, 15) is 9.18 Å². The maximum atomic E-state index is 12.5. The van der Waals surface area contributed by atoms with Crippen LogP contribution in [0.25, 0.3) is 5.69 Å². The van der Waals surface area contributed by atoms with Crippen molar-refractivity contribution < 1.29 is 4.39 Å². The average molecular weight is 179 g/mol. The molecule has 0 aliphatic carbocycles. The monoisotopic (exact) mass is 179 g/mol. The molecule has 0 spiro atoms. The molecule has 0 unspecified atom stereocenters. The number of halogens is 1. The van der Waals surface area contributed by atoms with Gasteiger partial charge in [-0.1, -0.05) is 0 Å². The molecule has 0 radical (unpaired) electrons. The van der Waals surface area contributed by atoms with Crippen molar-refractivity contribution in [2.45, 2.75) is 0 Å². The van der Waals surface area contributed by atoms with Crippen LogP contribution in [0.4, 0.5) is 4.39 Å². The van der Waals surface area contributed by atoms with Crippen molar-refractivity contribution in [3.8, 4) is 5.69 Å². The summed E-state index contributed by atoms with van der Waals surface area (Å²) >= 11 is 0. The van der Waals surface area contributed by atoms with Crippen molar-refractivity contribution in [2.24, 2.45) is 0 Å². The van der Waals surface area contributed by atoms with Gasteiger partial charge in [0.05, 0.1) is 5.69 Å². The summed E-state index contributed by atoms with van der Waals surface area (Å²) in [6, 6.07) is 5.72. The van der Waals surface area contributed by atoms with Gasteiger partial charge in [0, 0.05) is 0 Å². The lowest BCUT2D eigenvalue weighted by Gasteiger charge is -1.98. The molecule has 5 heteroatoms. The minimum absolute atomic E-state index is 0.314. The van der Waals surface area contributed by atoms with E-state index in [2.05, 4.69) is 10.1 Å². The van der Waals surface area contributed by atoms with Crippen LogP contribution in [0.2, 0.25) is 0 Å². The summed E-state index contributed by atoms with van der Waals surface area (Å²) < 4.78 is 13.9. The van der Waals surface area contributed by atoms with Gasteiger partial charge in [0.1, 0.15) is 12.1 Å². The molecule has 1 aromatic carbocycles. The van der Waals surface area contributed by atoms with E-state index in [1.807, 2.05) is 0 Å². The van der Waals surface area contributed by atoms with Crippen LogP contribution < -0.4 is 5.69 Å². The molecule has 1 heterocycles. The van der Waals surface area contributed by atoms with Crippen LogP contribution >= 0.6 is 0 Å². The third-order valence-electron chi connectivity index (χ3n) is 1.61. The summed E-state index contributed by atoms with van der Waals surface area (Å²) in [7, 11) is 0. The Balaban J connectivity index is 2.47. The zero-order valence-electron chi connectivity index (χ0n) is 6.57. The Morgan fingerprint density at radius 1 is 1.31 bits per heavy atom. The van der Waals surface area contributed by atoms with Gasteiger partial charge in [0.25, 0.3) is 0 Å². The summed E-state index contributed by atoms with van der Waals surface area (Å²) in [6.45, 7) is 0. The number of H-pyrrole nitrogens is 1. The third-order valence-corrected chi connectivity index (χ3v) is 1.61. The first-order valence-corrected chi connectivity index (χ1v) is 3.65. The maximum absolute atomic E-state index is 12.5. The van der Waals surface area contributed by atoms with Gasteiger partial charge < -0.3 is 0 Å². The molecule has 66 valence electrons. The number of benzene rings is 1. The number of nitrogens with one attached hydrogen (secondary N) is 1. The maximum Gasteiger partial charge on any atom is 0.361 e. The van der Waals surface area contributed by atoms with Crippen LogP contribution in [0.5, 0.6) is 0 Å². The first kappa shape index (κ1) is 7.72. The number of hydrogen-bond donors (Lipinski definition) is 1. The number of rotatable bonds is 1. The fourth-order valence-electron chi connectivity index (χ4n) is 1.00. The number of aromatic amines is 1. The third kappa shape index (κ3) is 1.48. The van der Waals surface area contributed by atoms with Gasteiger partial charge in [0.2, 0.25) is 0 Å². The highest BCUT2D eigenvalue weighted by molar-refractivity contribution is 5.29. The Morgan fingerprint density at radius 3 is 2.54 bits per heavy atom. The summed E-state index contributed by atoms with van der Waals surface area (Å²) in [5, 5.41) is 2.44. The fourth-order valence-corrected chi connectivity index (χ4v) is 1.00. The molecule has 1 aromatic heterocycles. The standard InChI is InChI=1S/C8H6FN3O/c9-6-1-3-7(4-2-6)12-5-10-8(13)11-12/h1-5H,(H,11,13). The molecular formula is C8H6FN3O. The number of nitrogens with zero attached hydrogens (tertiary/aromatic N) is 2. The second kappa shape index (κ2) is 2.85. The van der Waals surface area contributed by atoms with Crippen molar-refractivity contribution in [1.82, 2.24) is 14.8 Å². The lowest BCUT2D eigenvalue weighted by Crippen LogP contribution is -2.04. The lowest BCUT2D eigenvalue weighted by atomic mass is 10.3. The van der Waals surface area contributed by atoms with Gasteiger partial charge in [-0.3, -0.25) is 0 Å². The zero-order chi connectivity index (χ0) is 9.26. The SMILES string of the molecule is O=c1ncn(-c2ccc(F)cc2)[nH]1. The molecule has 0 fully saturated rings. The molecule has 0 aliphatic heterocycles. The van der Waals surface area contributed by atoms with Crippen molar-refractivity contribution in [3.05, 3.63) is 46.9 Å². The zero-order valence-corrected chi connectivity index (χ0v) is 6.57. The summed E-state index contributed by atoms with van der Waals surface area (Å²) in [6.07, 6.45) is 1.34. The Hall–Kier alpha value is -1.91. The second-order valence-electron chi connectivity index (χ2n) is 2.51. The lowest BCUT2D eigenvalue weighted by molar-refractivity contribution is 0.627. The van der Waals surface area contributed by atoms with E-state index in [-0.39, 0.29) is 5.82 Å². The minimum atomic E-state index is -0.427. The number of aromatic nitrogens is 3. The summed E-state index contributed by atoms with van der Waals surface area (Å²) in [5.41, 5.74) is 0.236. The molecule has 2 aromatic rings. The van der Waals surface area contributed by atoms with Crippen LogP contribution in [-0.2, 0) is 0 Å². The molecule has 1 N–H and O–H groups in total. The number of hydrogen-bond acceptors (Lipinski definition) is 2. The first-order chi connectivity index (χ1) is 6.25. The van der Waals surface area contributed by atoms with Crippen molar-refractivity contribution in [2.75, 3.05) is 0 Å². The Kier molecular flexibility index (Phi) is 1.70. The van der Waals surface area contributed by atoms with Gasteiger partial charge in [0.15, 0.2) is 0 Å². The molecule has 0 saturated heterocycles. The summed E-state index contributed by atoms with van der Waals surface area (Å²) in [4.78, 5) is 14.1. The predicted octanol–water partition coefficient (Wildman–Crippen LogP) is 0.700. The van der Waals surface area contributed by atoms with Gasteiger partial charge in [-0.25, -0.2) is 19.0 Å². The largest absolute Gasteiger partial charge is 0.361 e. The smallest absolute Gasteiger partial charge is 0.244 e. The van der Waals surface area contributed by atoms with Gasteiger partial charge in [-0.15, -0.1) is 0 Å².